The second-order valence-corrected chi connectivity index (χ2v) is 7.35. The molecular weight excluding hydrogens is 444 g/mol. The lowest BCUT2D eigenvalue weighted by Gasteiger charge is -2.13. The van der Waals surface area contributed by atoms with Gasteiger partial charge in [-0.05, 0) is 72.3 Å². The Hall–Kier alpha value is -2.16. The number of rotatable bonds is 8. The van der Waals surface area contributed by atoms with Crippen LogP contribution in [0.3, 0.4) is 0 Å². The summed E-state index contributed by atoms with van der Waals surface area (Å²) in [5.74, 6) is 1.04. The smallest absolute Gasteiger partial charge is 0.257 e. The highest BCUT2D eigenvalue weighted by atomic mass is 79.9. The van der Waals surface area contributed by atoms with E-state index in [-0.39, 0.29) is 17.1 Å². The summed E-state index contributed by atoms with van der Waals surface area (Å²) in [6.45, 7) is 4.82. The normalized spacial score (nSPS) is 10.5. The first-order valence-electron chi connectivity index (χ1n) is 8.69. The highest BCUT2D eigenvalue weighted by Gasteiger charge is 2.11. The van der Waals surface area contributed by atoms with Gasteiger partial charge in [0.05, 0.1) is 17.2 Å². The van der Waals surface area contributed by atoms with Crippen LogP contribution in [0.25, 0.3) is 0 Å². The predicted molar refractivity (Wildman–Crippen MR) is 117 cm³/mol. The summed E-state index contributed by atoms with van der Waals surface area (Å²) in [5.41, 5.74) is 1.18. The lowest BCUT2D eigenvalue weighted by molar-refractivity contribution is 0.0977. The number of halogens is 1. The van der Waals surface area contributed by atoms with Gasteiger partial charge in [0.2, 0.25) is 0 Å². The van der Waals surface area contributed by atoms with Gasteiger partial charge in [-0.1, -0.05) is 6.07 Å². The second-order valence-electron chi connectivity index (χ2n) is 6.09. The number of carbonyl (C=O) groups is 1. The summed E-state index contributed by atoms with van der Waals surface area (Å²) in [7, 11) is 1.61. The van der Waals surface area contributed by atoms with Crippen LogP contribution in [0.1, 0.15) is 24.2 Å². The minimum atomic E-state index is -0.323. The van der Waals surface area contributed by atoms with Gasteiger partial charge in [0.15, 0.2) is 5.11 Å². The Morgan fingerprint density at radius 2 is 1.96 bits per heavy atom. The zero-order valence-electron chi connectivity index (χ0n) is 16.0. The topological polar surface area (TPSA) is 68.8 Å². The molecule has 0 heterocycles. The average molecular weight is 467 g/mol. The SMILES string of the molecule is COCCOc1ccc(C(=O)NC(=S)Nc2cccc(OC(C)C)c2)cc1Br. The number of hydrogen-bond donors (Lipinski definition) is 2. The molecule has 0 atom stereocenters. The quantitative estimate of drug-likeness (QED) is 0.444. The van der Waals surface area contributed by atoms with Crippen LogP contribution in [0.4, 0.5) is 5.69 Å². The molecule has 150 valence electrons. The summed E-state index contributed by atoms with van der Waals surface area (Å²) in [5, 5.41) is 5.85. The number of carbonyl (C=O) groups excluding carboxylic acids is 1. The molecule has 2 rings (SSSR count). The summed E-state index contributed by atoms with van der Waals surface area (Å²) < 4.78 is 16.8. The Kier molecular flexibility index (Phi) is 8.69. The van der Waals surface area contributed by atoms with E-state index in [1.807, 2.05) is 38.1 Å². The maximum absolute atomic E-state index is 12.4. The average Bonchev–Trinajstić information content (AvgIpc) is 2.62. The van der Waals surface area contributed by atoms with Gasteiger partial charge in [0, 0.05) is 24.4 Å². The lowest BCUT2D eigenvalue weighted by atomic mass is 10.2. The van der Waals surface area contributed by atoms with E-state index in [1.54, 1.807) is 25.3 Å². The van der Waals surface area contributed by atoms with E-state index in [4.69, 9.17) is 26.4 Å². The molecule has 2 aromatic carbocycles. The van der Waals surface area contributed by atoms with Crippen molar-refractivity contribution < 1.29 is 19.0 Å². The van der Waals surface area contributed by atoms with Gasteiger partial charge in [-0.3, -0.25) is 10.1 Å². The van der Waals surface area contributed by atoms with E-state index in [9.17, 15) is 4.79 Å². The van der Waals surface area contributed by atoms with Crippen LogP contribution >= 0.6 is 28.1 Å². The molecule has 28 heavy (non-hydrogen) atoms. The fourth-order valence-corrected chi connectivity index (χ4v) is 2.95. The largest absolute Gasteiger partial charge is 0.491 e. The van der Waals surface area contributed by atoms with E-state index >= 15 is 0 Å². The highest BCUT2D eigenvalue weighted by Crippen LogP contribution is 2.26. The summed E-state index contributed by atoms with van der Waals surface area (Å²) in [6.07, 6.45) is 0.0711. The number of nitrogens with one attached hydrogen (secondary N) is 2. The van der Waals surface area contributed by atoms with Crippen molar-refractivity contribution >= 4 is 44.9 Å². The molecule has 0 fully saturated rings. The van der Waals surface area contributed by atoms with E-state index in [2.05, 4.69) is 26.6 Å². The maximum atomic E-state index is 12.4. The molecule has 2 N–H and O–H groups in total. The number of thiocarbonyl (C=S) groups is 1. The van der Waals surface area contributed by atoms with Crippen molar-refractivity contribution in [2.24, 2.45) is 0 Å². The first-order valence-corrected chi connectivity index (χ1v) is 9.89. The van der Waals surface area contributed by atoms with Crippen molar-refractivity contribution in [3.8, 4) is 11.5 Å². The Bertz CT molecular complexity index is 830. The van der Waals surface area contributed by atoms with E-state index in [0.29, 0.717) is 29.0 Å². The van der Waals surface area contributed by atoms with Crippen molar-refractivity contribution in [3.05, 3.63) is 52.5 Å². The molecule has 0 bridgehead atoms. The molecule has 0 saturated carbocycles. The van der Waals surface area contributed by atoms with Gasteiger partial charge in [-0.25, -0.2) is 0 Å². The zero-order chi connectivity index (χ0) is 20.5. The van der Waals surface area contributed by atoms with Crippen LogP contribution < -0.4 is 20.1 Å². The van der Waals surface area contributed by atoms with Crippen LogP contribution in [0.2, 0.25) is 0 Å². The summed E-state index contributed by atoms with van der Waals surface area (Å²) in [6, 6.07) is 12.4. The highest BCUT2D eigenvalue weighted by molar-refractivity contribution is 9.10. The van der Waals surface area contributed by atoms with Crippen LogP contribution in [0.15, 0.2) is 46.9 Å². The van der Waals surface area contributed by atoms with Gasteiger partial charge in [0.1, 0.15) is 18.1 Å². The van der Waals surface area contributed by atoms with Crippen molar-refractivity contribution in [2.45, 2.75) is 20.0 Å². The number of methoxy groups -OCH3 is 1. The first-order chi connectivity index (χ1) is 13.4. The van der Waals surface area contributed by atoms with E-state index < -0.39 is 0 Å². The molecule has 0 aliphatic rings. The number of benzene rings is 2. The van der Waals surface area contributed by atoms with Crippen molar-refractivity contribution in [1.82, 2.24) is 5.32 Å². The van der Waals surface area contributed by atoms with Crippen molar-refractivity contribution in [1.29, 1.82) is 0 Å². The monoisotopic (exact) mass is 466 g/mol. The maximum Gasteiger partial charge on any atom is 0.257 e. The standard InChI is InChI=1S/C20H23BrN2O4S/c1-13(2)27-16-6-4-5-15(12-16)22-20(28)23-19(24)14-7-8-18(17(21)11-14)26-10-9-25-3/h4-8,11-13H,9-10H2,1-3H3,(H2,22,23,24,28). The Morgan fingerprint density at radius 3 is 2.64 bits per heavy atom. The van der Waals surface area contributed by atoms with Crippen molar-refractivity contribution in [2.75, 3.05) is 25.6 Å². The predicted octanol–water partition coefficient (Wildman–Crippen LogP) is 4.39. The number of anilines is 1. The minimum absolute atomic E-state index is 0.0711. The van der Waals surface area contributed by atoms with E-state index in [0.717, 1.165) is 11.4 Å². The van der Waals surface area contributed by atoms with Crippen LogP contribution in [-0.4, -0.2) is 37.4 Å². The first kappa shape index (κ1) is 22.1. The second kappa shape index (κ2) is 11.0. The molecule has 8 heteroatoms. The van der Waals surface area contributed by atoms with Gasteiger partial charge < -0.3 is 19.5 Å². The molecule has 2 aromatic rings. The fraction of sp³-hybridized carbons (Fsp3) is 0.300. The number of hydrogen-bond acceptors (Lipinski definition) is 5. The third-order valence-electron chi connectivity index (χ3n) is 3.43. The molecule has 0 radical (unpaired) electrons. The molecule has 0 aliphatic carbocycles. The fourth-order valence-electron chi connectivity index (χ4n) is 2.25. The minimum Gasteiger partial charge on any atom is -0.491 e. The molecule has 0 aliphatic heterocycles. The third kappa shape index (κ3) is 7.10. The summed E-state index contributed by atoms with van der Waals surface area (Å²) >= 11 is 8.65. The molecule has 6 nitrogen and oxygen atoms in total. The van der Waals surface area contributed by atoms with Gasteiger partial charge in [-0.2, -0.15) is 0 Å². The molecule has 0 unspecified atom stereocenters. The third-order valence-corrected chi connectivity index (χ3v) is 4.25. The lowest BCUT2D eigenvalue weighted by Crippen LogP contribution is -2.34. The van der Waals surface area contributed by atoms with Crippen LogP contribution in [0, 0.1) is 0 Å². The number of amides is 1. The number of ether oxygens (including phenoxy) is 3. The Balaban J connectivity index is 1.95. The molecule has 0 aromatic heterocycles. The Morgan fingerprint density at radius 1 is 1.18 bits per heavy atom. The Labute approximate surface area is 178 Å². The van der Waals surface area contributed by atoms with Crippen LogP contribution in [-0.2, 0) is 4.74 Å². The van der Waals surface area contributed by atoms with E-state index in [1.165, 1.54) is 0 Å². The summed E-state index contributed by atoms with van der Waals surface area (Å²) in [4.78, 5) is 12.4. The van der Waals surface area contributed by atoms with Gasteiger partial charge in [0.25, 0.3) is 5.91 Å². The van der Waals surface area contributed by atoms with Gasteiger partial charge >= 0.3 is 0 Å². The van der Waals surface area contributed by atoms with Crippen molar-refractivity contribution in [3.63, 3.8) is 0 Å². The molecule has 0 spiro atoms. The zero-order valence-corrected chi connectivity index (χ0v) is 18.4. The molecule has 0 saturated heterocycles. The van der Waals surface area contributed by atoms with Gasteiger partial charge in [-0.15, -0.1) is 0 Å². The van der Waals surface area contributed by atoms with Crippen LogP contribution in [0.5, 0.6) is 11.5 Å². The molecular formula is C20H23BrN2O4S. The molecule has 1 amide bonds.